The van der Waals surface area contributed by atoms with E-state index in [-0.39, 0.29) is 11.0 Å². The van der Waals surface area contributed by atoms with E-state index >= 15 is 0 Å². The Hall–Kier alpha value is -1.38. The maximum Gasteiger partial charge on any atom is 0.341 e. The maximum atomic E-state index is 13.2. The molecule has 0 atom stereocenters. The highest BCUT2D eigenvalue weighted by Crippen LogP contribution is 2.18. The van der Waals surface area contributed by atoms with Crippen molar-refractivity contribution in [2.45, 2.75) is 27.2 Å². The fourth-order valence-corrected chi connectivity index (χ4v) is 1.15. The van der Waals surface area contributed by atoms with Crippen LogP contribution in [0.5, 0.6) is 0 Å². The van der Waals surface area contributed by atoms with Crippen molar-refractivity contribution < 1.29 is 13.9 Å². The number of rotatable bonds is 3. The topological polar surface area (TPSA) is 26.3 Å². The zero-order valence-corrected chi connectivity index (χ0v) is 9.92. The molecule has 0 saturated carbocycles. The Morgan fingerprint density at radius 1 is 1.31 bits per heavy atom. The van der Waals surface area contributed by atoms with Crippen LogP contribution in [-0.2, 0) is 4.74 Å². The number of carbonyl (C=O) groups is 1. The summed E-state index contributed by atoms with van der Waals surface area (Å²) in [5.41, 5.74) is 0.103. The van der Waals surface area contributed by atoms with Crippen LogP contribution < -0.4 is 0 Å². The summed E-state index contributed by atoms with van der Waals surface area (Å²) in [6, 6.07) is 5.83. The Kier molecular flexibility index (Phi) is 4.05. The minimum absolute atomic E-state index is 0.00332. The first-order valence-electron chi connectivity index (χ1n) is 5.32. The lowest BCUT2D eigenvalue weighted by molar-refractivity contribution is 0.0459. The largest absolute Gasteiger partial charge is 0.462 e. The lowest BCUT2D eigenvalue weighted by atomic mass is 9.93. The summed E-state index contributed by atoms with van der Waals surface area (Å²) in [4.78, 5) is 11.5. The third-order valence-electron chi connectivity index (χ3n) is 2.18. The molecule has 0 fully saturated rings. The highest BCUT2D eigenvalue weighted by Gasteiger charge is 2.14. The molecule has 0 bridgehead atoms. The van der Waals surface area contributed by atoms with Gasteiger partial charge in [0.25, 0.3) is 0 Å². The molecule has 0 amide bonds. The smallest absolute Gasteiger partial charge is 0.341 e. The van der Waals surface area contributed by atoms with Crippen molar-refractivity contribution in [1.82, 2.24) is 0 Å². The van der Waals surface area contributed by atoms with E-state index in [1.54, 1.807) is 12.1 Å². The standard InChI is InChI=1S/C13H17FO2/c1-13(2,3)8-9-16-12(15)10-6-4-5-7-11(10)14/h4-7H,8-9H2,1-3H3. The summed E-state index contributed by atoms with van der Waals surface area (Å²) in [5.74, 6) is -1.13. The van der Waals surface area contributed by atoms with Crippen molar-refractivity contribution in [1.29, 1.82) is 0 Å². The summed E-state index contributed by atoms with van der Waals surface area (Å²) >= 11 is 0. The molecule has 0 aromatic heterocycles. The lowest BCUT2D eigenvalue weighted by Gasteiger charge is -2.17. The molecule has 1 aromatic rings. The van der Waals surface area contributed by atoms with Crippen molar-refractivity contribution in [3.63, 3.8) is 0 Å². The van der Waals surface area contributed by atoms with Crippen molar-refractivity contribution in [3.8, 4) is 0 Å². The van der Waals surface area contributed by atoms with E-state index in [9.17, 15) is 9.18 Å². The van der Waals surface area contributed by atoms with Crippen LogP contribution in [0.1, 0.15) is 37.6 Å². The number of hydrogen-bond donors (Lipinski definition) is 0. The number of hydrogen-bond acceptors (Lipinski definition) is 2. The van der Waals surface area contributed by atoms with Gasteiger partial charge >= 0.3 is 5.97 Å². The summed E-state index contributed by atoms with van der Waals surface area (Å²) in [6.45, 7) is 6.49. The molecule has 1 rings (SSSR count). The highest BCUT2D eigenvalue weighted by atomic mass is 19.1. The van der Waals surface area contributed by atoms with Crippen molar-refractivity contribution in [2.75, 3.05) is 6.61 Å². The van der Waals surface area contributed by atoms with Crippen LogP contribution in [-0.4, -0.2) is 12.6 Å². The van der Waals surface area contributed by atoms with Gasteiger partial charge in [0.2, 0.25) is 0 Å². The van der Waals surface area contributed by atoms with Gasteiger partial charge in [-0.05, 0) is 24.0 Å². The molecule has 3 heteroatoms. The van der Waals surface area contributed by atoms with Gasteiger partial charge in [-0.2, -0.15) is 0 Å². The van der Waals surface area contributed by atoms with E-state index in [0.29, 0.717) is 6.61 Å². The Bertz CT molecular complexity index is 366. The number of carbonyl (C=O) groups excluding carboxylic acids is 1. The van der Waals surface area contributed by atoms with Gasteiger partial charge in [0, 0.05) is 0 Å². The van der Waals surface area contributed by atoms with Gasteiger partial charge < -0.3 is 4.74 Å². The average Bonchev–Trinajstić information content (AvgIpc) is 2.16. The number of ether oxygens (including phenoxy) is 1. The first-order valence-corrected chi connectivity index (χ1v) is 5.32. The zero-order chi connectivity index (χ0) is 12.2. The molecule has 0 aliphatic carbocycles. The Morgan fingerprint density at radius 2 is 1.94 bits per heavy atom. The molecule has 0 radical (unpaired) electrons. The van der Waals surface area contributed by atoms with Crippen LogP contribution in [0.3, 0.4) is 0 Å². The second-order valence-electron chi connectivity index (χ2n) is 4.93. The van der Waals surface area contributed by atoms with Gasteiger partial charge in [0.1, 0.15) is 5.82 Å². The first-order chi connectivity index (χ1) is 7.40. The fourth-order valence-electron chi connectivity index (χ4n) is 1.15. The minimum atomic E-state index is -0.595. The van der Waals surface area contributed by atoms with Crippen LogP contribution in [0.4, 0.5) is 4.39 Å². The summed E-state index contributed by atoms with van der Waals surface area (Å²) < 4.78 is 18.2. The number of benzene rings is 1. The van der Waals surface area contributed by atoms with Gasteiger partial charge in [0.05, 0.1) is 12.2 Å². The summed E-state index contributed by atoms with van der Waals surface area (Å²) in [5, 5.41) is 0. The van der Waals surface area contributed by atoms with E-state index in [4.69, 9.17) is 4.74 Å². The molecule has 88 valence electrons. The van der Waals surface area contributed by atoms with Crippen LogP contribution in [0.15, 0.2) is 24.3 Å². The van der Waals surface area contributed by atoms with Gasteiger partial charge in [-0.3, -0.25) is 0 Å². The molecule has 0 saturated heterocycles. The zero-order valence-electron chi connectivity index (χ0n) is 9.92. The third kappa shape index (κ3) is 4.01. The van der Waals surface area contributed by atoms with Crippen molar-refractivity contribution in [2.24, 2.45) is 5.41 Å². The Morgan fingerprint density at radius 3 is 2.50 bits per heavy atom. The van der Waals surface area contributed by atoms with Crippen LogP contribution in [0.25, 0.3) is 0 Å². The van der Waals surface area contributed by atoms with E-state index in [0.717, 1.165) is 6.42 Å². The SMILES string of the molecule is CC(C)(C)CCOC(=O)c1ccccc1F. The fraction of sp³-hybridized carbons (Fsp3) is 0.462. The molecule has 0 unspecified atom stereocenters. The molecular weight excluding hydrogens is 207 g/mol. The molecule has 0 aliphatic heterocycles. The normalized spacial score (nSPS) is 11.2. The lowest BCUT2D eigenvalue weighted by Crippen LogP contribution is -2.14. The van der Waals surface area contributed by atoms with Gasteiger partial charge in [-0.15, -0.1) is 0 Å². The Balaban J connectivity index is 2.51. The molecule has 0 N–H and O–H groups in total. The summed E-state index contributed by atoms with van der Waals surface area (Å²) in [6.07, 6.45) is 0.757. The maximum absolute atomic E-state index is 13.2. The van der Waals surface area contributed by atoms with E-state index < -0.39 is 11.8 Å². The van der Waals surface area contributed by atoms with Gasteiger partial charge in [-0.25, -0.2) is 9.18 Å². The molecule has 16 heavy (non-hydrogen) atoms. The van der Waals surface area contributed by atoms with E-state index in [2.05, 4.69) is 20.8 Å². The second kappa shape index (κ2) is 5.10. The molecule has 0 spiro atoms. The van der Waals surface area contributed by atoms with Crippen LogP contribution >= 0.6 is 0 Å². The van der Waals surface area contributed by atoms with Crippen LogP contribution in [0, 0.1) is 11.2 Å². The van der Waals surface area contributed by atoms with E-state index in [1.165, 1.54) is 12.1 Å². The molecular formula is C13H17FO2. The molecule has 1 aromatic carbocycles. The summed E-state index contributed by atoms with van der Waals surface area (Å²) in [7, 11) is 0. The Labute approximate surface area is 95.4 Å². The average molecular weight is 224 g/mol. The van der Waals surface area contributed by atoms with Crippen molar-refractivity contribution in [3.05, 3.63) is 35.6 Å². The number of esters is 1. The van der Waals surface area contributed by atoms with E-state index in [1.807, 2.05) is 0 Å². The molecule has 0 aliphatic rings. The van der Waals surface area contributed by atoms with Gasteiger partial charge in [0.15, 0.2) is 0 Å². The number of halogens is 1. The predicted octanol–water partition coefficient (Wildman–Crippen LogP) is 3.42. The molecule has 2 nitrogen and oxygen atoms in total. The predicted molar refractivity (Wildman–Crippen MR) is 60.8 cm³/mol. The first kappa shape index (κ1) is 12.7. The third-order valence-corrected chi connectivity index (χ3v) is 2.18. The minimum Gasteiger partial charge on any atom is -0.462 e. The monoisotopic (exact) mass is 224 g/mol. The quantitative estimate of drug-likeness (QED) is 0.735. The van der Waals surface area contributed by atoms with Crippen molar-refractivity contribution >= 4 is 5.97 Å². The van der Waals surface area contributed by atoms with Gasteiger partial charge in [-0.1, -0.05) is 32.9 Å². The molecule has 0 heterocycles. The van der Waals surface area contributed by atoms with Crippen LogP contribution in [0.2, 0.25) is 0 Å². The highest BCUT2D eigenvalue weighted by molar-refractivity contribution is 5.89. The second-order valence-corrected chi connectivity index (χ2v) is 4.93.